The van der Waals surface area contributed by atoms with Crippen molar-refractivity contribution in [2.75, 3.05) is 34.0 Å². The zero-order valence-corrected chi connectivity index (χ0v) is 13.7. The van der Waals surface area contributed by atoms with E-state index in [1.54, 1.807) is 14.2 Å². The van der Waals surface area contributed by atoms with Gasteiger partial charge >= 0.3 is 0 Å². The quantitative estimate of drug-likeness (QED) is 0.861. The third kappa shape index (κ3) is 4.11. The Balaban J connectivity index is 1.90. The van der Waals surface area contributed by atoms with Gasteiger partial charge in [-0.1, -0.05) is 0 Å². The fourth-order valence-corrected chi connectivity index (χ4v) is 3.11. The molecule has 20 heavy (non-hydrogen) atoms. The molecular formula is C15H22BrNO3. The van der Waals surface area contributed by atoms with Crippen LogP contribution in [0.5, 0.6) is 11.5 Å². The van der Waals surface area contributed by atoms with Crippen LogP contribution in [-0.2, 0) is 11.3 Å². The van der Waals surface area contributed by atoms with E-state index in [4.69, 9.17) is 14.2 Å². The van der Waals surface area contributed by atoms with Crippen molar-refractivity contribution in [2.45, 2.75) is 19.4 Å². The summed E-state index contributed by atoms with van der Waals surface area (Å²) in [5, 5.41) is 3.49. The first-order valence-electron chi connectivity index (χ1n) is 6.93. The van der Waals surface area contributed by atoms with Crippen LogP contribution in [0.2, 0.25) is 0 Å². The maximum Gasteiger partial charge on any atom is 0.174 e. The van der Waals surface area contributed by atoms with E-state index in [1.165, 1.54) is 18.4 Å². The molecule has 1 atom stereocenters. The molecule has 0 bridgehead atoms. The number of rotatable bonds is 6. The maximum atomic E-state index is 5.49. The molecule has 1 aromatic rings. The summed E-state index contributed by atoms with van der Waals surface area (Å²) in [7, 11) is 3.30. The number of methoxy groups -OCH3 is 2. The first kappa shape index (κ1) is 15.6. The lowest BCUT2D eigenvalue weighted by Gasteiger charge is -2.22. The van der Waals surface area contributed by atoms with E-state index in [1.807, 2.05) is 6.07 Å². The van der Waals surface area contributed by atoms with Gasteiger partial charge in [0.2, 0.25) is 0 Å². The van der Waals surface area contributed by atoms with Crippen molar-refractivity contribution in [3.05, 3.63) is 22.2 Å². The zero-order valence-electron chi connectivity index (χ0n) is 12.1. The summed E-state index contributed by atoms with van der Waals surface area (Å²) in [6.07, 6.45) is 2.43. The van der Waals surface area contributed by atoms with Gasteiger partial charge in [0.05, 0.1) is 25.3 Å². The van der Waals surface area contributed by atoms with E-state index in [0.717, 1.165) is 42.3 Å². The Hall–Kier alpha value is -0.780. The molecule has 1 unspecified atom stereocenters. The maximum absolute atomic E-state index is 5.49. The van der Waals surface area contributed by atoms with Gasteiger partial charge in [-0.2, -0.15) is 0 Å². The summed E-state index contributed by atoms with van der Waals surface area (Å²) in [4.78, 5) is 0. The summed E-state index contributed by atoms with van der Waals surface area (Å²) in [6.45, 7) is 3.60. The van der Waals surface area contributed by atoms with Crippen LogP contribution >= 0.6 is 15.9 Å². The minimum Gasteiger partial charge on any atom is -0.493 e. The molecule has 5 heteroatoms. The highest BCUT2D eigenvalue weighted by Gasteiger charge is 2.14. The minimum absolute atomic E-state index is 0.632. The molecule has 0 saturated carbocycles. The molecule has 0 amide bonds. The summed E-state index contributed by atoms with van der Waals surface area (Å²) in [6, 6.07) is 4.07. The van der Waals surface area contributed by atoms with Gasteiger partial charge in [0.1, 0.15) is 0 Å². The molecule has 0 spiro atoms. The van der Waals surface area contributed by atoms with Crippen LogP contribution in [0.25, 0.3) is 0 Å². The van der Waals surface area contributed by atoms with E-state index in [2.05, 4.69) is 27.3 Å². The standard InChI is InChI=1S/C15H22BrNO3/c1-18-14-7-12(6-13(16)15(14)19-2)9-17-8-11-4-3-5-20-10-11/h6-7,11,17H,3-5,8-10H2,1-2H3. The topological polar surface area (TPSA) is 39.7 Å². The highest BCUT2D eigenvalue weighted by Crippen LogP contribution is 2.36. The minimum atomic E-state index is 0.632. The van der Waals surface area contributed by atoms with Crippen molar-refractivity contribution in [3.63, 3.8) is 0 Å². The van der Waals surface area contributed by atoms with Crippen LogP contribution in [0, 0.1) is 5.92 Å². The number of ether oxygens (including phenoxy) is 3. The van der Waals surface area contributed by atoms with Gasteiger partial charge in [0, 0.05) is 19.7 Å². The second-order valence-corrected chi connectivity index (χ2v) is 5.88. The molecule has 2 rings (SSSR count). The van der Waals surface area contributed by atoms with Gasteiger partial charge in [-0.05, 0) is 52.4 Å². The Morgan fingerprint density at radius 1 is 1.35 bits per heavy atom. The van der Waals surface area contributed by atoms with Crippen LogP contribution in [0.15, 0.2) is 16.6 Å². The lowest BCUT2D eigenvalue weighted by atomic mass is 10.0. The molecule has 0 aromatic heterocycles. The van der Waals surface area contributed by atoms with Crippen molar-refractivity contribution in [1.82, 2.24) is 5.32 Å². The summed E-state index contributed by atoms with van der Waals surface area (Å²) >= 11 is 3.51. The van der Waals surface area contributed by atoms with Gasteiger partial charge in [-0.15, -0.1) is 0 Å². The molecule has 1 saturated heterocycles. The number of hydrogen-bond acceptors (Lipinski definition) is 4. The third-order valence-electron chi connectivity index (χ3n) is 3.51. The summed E-state index contributed by atoms with van der Waals surface area (Å²) in [5.41, 5.74) is 1.17. The van der Waals surface area contributed by atoms with Crippen molar-refractivity contribution < 1.29 is 14.2 Å². The Morgan fingerprint density at radius 2 is 2.20 bits per heavy atom. The molecule has 1 aromatic carbocycles. The molecule has 0 aliphatic carbocycles. The largest absolute Gasteiger partial charge is 0.493 e. The number of nitrogens with one attached hydrogen (secondary N) is 1. The lowest BCUT2D eigenvalue weighted by Crippen LogP contribution is -2.28. The average molecular weight is 344 g/mol. The van der Waals surface area contributed by atoms with E-state index in [9.17, 15) is 0 Å². The van der Waals surface area contributed by atoms with Crippen molar-refractivity contribution >= 4 is 15.9 Å². The molecule has 0 radical (unpaired) electrons. The fourth-order valence-electron chi connectivity index (χ4n) is 2.46. The van der Waals surface area contributed by atoms with Crippen LogP contribution in [0.1, 0.15) is 18.4 Å². The van der Waals surface area contributed by atoms with E-state index >= 15 is 0 Å². The fraction of sp³-hybridized carbons (Fsp3) is 0.600. The second kappa shape index (κ2) is 7.86. The predicted octanol–water partition coefficient (Wildman–Crippen LogP) is 2.98. The van der Waals surface area contributed by atoms with E-state index in [0.29, 0.717) is 5.92 Å². The molecule has 1 aliphatic heterocycles. The normalized spacial score (nSPS) is 18.9. The second-order valence-electron chi connectivity index (χ2n) is 5.03. The molecule has 1 fully saturated rings. The molecule has 1 aliphatic rings. The third-order valence-corrected chi connectivity index (χ3v) is 4.10. The van der Waals surface area contributed by atoms with Crippen molar-refractivity contribution in [3.8, 4) is 11.5 Å². The first-order valence-corrected chi connectivity index (χ1v) is 7.72. The van der Waals surface area contributed by atoms with Crippen LogP contribution in [0.3, 0.4) is 0 Å². The van der Waals surface area contributed by atoms with Crippen molar-refractivity contribution in [1.29, 1.82) is 0 Å². The number of halogens is 1. The highest BCUT2D eigenvalue weighted by atomic mass is 79.9. The summed E-state index contributed by atoms with van der Waals surface area (Å²) < 4.78 is 17.1. The average Bonchev–Trinajstić information content (AvgIpc) is 2.47. The van der Waals surface area contributed by atoms with Gasteiger partial charge in [-0.25, -0.2) is 0 Å². The van der Waals surface area contributed by atoms with Gasteiger partial charge in [-0.3, -0.25) is 0 Å². The molecule has 1 N–H and O–H groups in total. The lowest BCUT2D eigenvalue weighted by molar-refractivity contribution is 0.0547. The highest BCUT2D eigenvalue weighted by molar-refractivity contribution is 9.10. The molecule has 112 valence electrons. The van der Waals surface area contributed by atoms with Crippen molar-refractivity contribution in [2.24, 2.45) is 5.92 Å². The Bertz CT molecular complexity index is 433. The Morgan fingerprint density at radius 3 is 2.85 bits per heavy atom. The van der Waals surface area contributed by atoms with Gasteiger partial charge in [0.25, 0.3) is 0 Å². The van der Waals surface area contributed by atoms with Crippen LogP contribution in [-0.4, -0.2) is 34.0 Å². The monoisotopic (exact) mass is 343 g/mol. The van der Waals surface area contributed by atoms with Gasteiger partial charge in [0.15, 0.2) is 11.5 Å². The Kier molecular flexibility index (Phi) is 6.13. The smallest absolute Gasteiger partial charge is 0.174 e. The SMILES string of the molecule is COc1cc(CNCC2CCCOC2)cc(Br)c1OC. The molecular weight excluding hydrogens is 322 g/mol. The molecule has 4 nitrogen and oxygen atoms in total. The first-order chi connectivity index (χ1) is 9.74. The number of hydrogen-bond donors (Lipinski definition) is 1. The van der Waals surface area contributed by atoms with E-state index < -0.39 is 0 Å². The van der Waals surface area contributed by atoms with E-state index in [-0.39, 0.29) is 0 Å². The van der Waals surface area contributed by atoms with Crippen LogP contribution < -0.4 is 14.8 Å². The predicted molar refractivity (Wildman–Crippen MR) is 82.5 cm³/mol. The Labute approximate surface area is 128 Å². The number of benzene rings is 1. The van der Waals surface area contributed by atoms with Crippen LogP contribution in [0.4, 0.5) is 0 Å². The summed E-state index contributed by atoms with van der Waals surface area (Å²) in [5.74, 6) is 2.11. The molecule has 1 heterocycles. The van der Waals surface area contributed by atoms with Gasteiger partial charge < -0.3 is 19.5 Å². The zero-order chi connectivity index (χ0) is 14.4.